The summed E-state index contributed by atoms with van der Waals surface area (Å²) in [6, 6.07) is 11.0. The summed E-state index contributed by atoms with van der Waals surface area (Å²) >= 11 is 0. The van der Waals surface area contributed by atoms with E-state index in [1.165, 1.54) is 7.11 Å². The summed E-state index contributed by atoms with van der Waals surface area (Å²) in [7, 11) is 1.50. The topological polar surface area (TPSA) is 94.2 Å². The normalized spacial score (nSPS) is 20.3. The fraction of sp³-hybridized carbons (Fsp3) is 0.250. The van der Waals surface area contributed by atoms with Crippen molar-refractivity contribution in [1.29, 1.82) is 0 Å². The lowest BCUT2D eigenvalue weighted by Crippen LogP contribution is -2.41. The van der Waals surface area contributed by atoms with Crippen LogP contribution < -0.4 is 19.5 Å². The fourth-order valence-corrected chi connectivity index (χ4v) is 3.28. The van der Waals surface area contributed by atoms with Crippen LogP contribution >= 0.6 is 0 Å². The van der Waals surface area contributed by atoms with Crippen molar-refractivity contribution in [2.45, 2.75) is 12.5 Å². The van der Waals surface area contributed by atoms with Gasteiger partial charge in [-0.15, -0.1) is 0 Å². The van der Waals surface area contributed by atoms with Crippen LogP contribution in [0.2, 0.25) is 0 Å². The lowest BCUT2D eigenvalue weighted by Gasteiger charge is -2.22. The predicted molar refractivity (Wildman–Crippen MR) is 97.5 cm³/mol. The van der Waals surface area contributed by atoms with Crippen molar-refractivity contribution in [2.24, 2.45) is 0 Å². The number of nitrogens with one attached hydrogen (secondary N) is 1. The van der Waals surface area contributed by atoms with Crippen molar-refractivity contribution in [1.82, 2.24) is 10.2 Å². The van der Waals surface area contributed by atoms with Crippen LogP contribution in [-0.4, -0.2) is 43.1 Å². The van der Waals surface area contributed by atoms with E-state index in [4.69, 9.17) is 14.2 Å². The van der Waals surface area contributed by atoms with Gasteiger partial charge in [0.2, 0.25) is 6.79 Å². The second-order valence-electron chi connectivity index (χ2n) is 6.67. The molecule has 2 aliphatic rings. The number of carbonyl (C=O) groups is 3. The first-order valence-electron chi connectivity index (χ1n) is 8.64. The summed E-state index contributed by atoms with van der Waals surface area (Å²) in [4.78, 5) is 39.0. The molecular weight excluding hydrogens is 364 g/mol. The van der Waals surface area contributed by atoms with Crippen LogP contribution in [0.3, 0.4) is 0 Å². The minimum atomic E-state index is -1.30. The standard InChI is InChI=1S/C20H18N2O6/c1-20(13-6-7-16-17(9-13)28-11-27-16)18(24)22(19(25)21-20)10-15(23)12-4-3-5-14(8-12)26-2/h3-9H,10-11H2,1-2H3,(H,21,25). The van der Waals surface area contributed by atoms with E-state index < -0.39 is 17.5 Å². The number of hydrogen-bond donors (Lipinski definition) is 1. The number of fused-ring (bicyclic) bond motifs is 1. The molecule has 0 aromatic heterocycles. The van der Waals surface area contributed by atoms with Gasteiger partial charge in [-0.1, -0.05) is 18.2 Å². The van der Waals surface area contributed by atoms with Gasteiger partial charge in [0.05, 0.1) is 13.7 Å². The number of hydrogen-bond acceptors (Lipinski definition) is 6. The molecule has 1 N–H and O–H groups in total. The first kappa shape index (κ1) is 17.8. The monoisotopic (exact) mass is 382 g/mol. The molecule has 2 aromatic rings. The highest BCUT2D eigenvalue weighted by Crippen LogP contribution is 2.37. The Balaban J connectivity index is 1.57. The summed E-state index contributed by atoms with van der Waals surface area (Å²) in [6.07, 6.45) is 0. The van der Waals surface area contributed by atoms with Crippen LogP contribution in [0.4, 0.5) is 4.79 Å². The van der Waals surface area contributed by atoms with Gasteiger partial charge in [-0.25, -0.2) is 4.79 Å². The Labute approximate surface area is 161 Å². The molecule has 0 spiro atoms. The smallest absolute Gasteiger partial charge is 0.325 e. The molecule has 0 bridgehead atoms. The molecule has 0 radical (unpaired) electrons. The van der Waals surface area contributed by atoms with Crippen molar-refractivity contribution >= 4 is 17.7 Å². The first-order valence-corrected chi connectivity index (χ1v) is 8.64. The number of nitrogens with zero attached hydrogens (tertiary/aromatic N) is 1. The summed E-state index contributed by atoms with van der Waals surface area (Å²) in [6.45, 7) is 1.34. The Morgan fingerprint density at radius 1 is 1.18 bits per heavy atom. The van der Waals surface area contributed by atoms with E-state index in [1.54, 1.807) is 49.4 Å². The van der Waals surface area contributed by atoms with Gasteiger partial charge < -0.3 is 19.5 Å². The molecule has 144 valence electrons. The van der Waals surface area contributed by atoms with Crippen LogP contribution in [0.15, 0.2) is 42.5 Å². The average Bonchev–Trinajstić information content (AvgIpc) is 3.26. The Kier molecular flexibility index (Phi) is 4.18. The van der Waals surface area contributed by atoms with Gasteiger partial charge in [-0.2, -0.15) is 0 Å². The quantitative estimate of drug-likeness (QED) is 0.629. The number of Topliss-reactive ketones (excluding diaryl/α,β-unsaturated/α-hetero) is 1. The number of imide groups is 1. The van der Waals surface area contributed by atoms with Gasteiger partial charge in [-0.3, -0.25) is 14.5 Å². The molecule has 1 atom stereocenters. The zero-order chi connectivity index (χ0) is 19.9. The predicted octanol–water partition coefficient (Wildman–Crippen LogP) is 2.07. The zero-order valence-electron chi connectivity index (χ0n) is 15.4. The third kappa shape index (κ3) is 2.83. The summed E-state index contributed by atoms with van der Waals surface area (Å²) in [5.74, 6) is 0.735. The minimum Gasteiger partial charge on any atom is -0.497 e. The average molecular weight is 382 g/mol. The van der Waals surface area contributed by atoms with Crippen molar-refractivity contribution in [3.63, 3.8) is 0 Å². The van der Waals surface area contributed by atoms with E-state index in [0.29, 0.717) is 28.4 Å². The molecule has 2 heterocycles. The van der Waals surface area contributed by atoms with Crippen LogP contribution in [-0.2, 0) is 10.3 Å². The van der Waals surface area contributed by atoms with E-state index in [2.05, 4.69) is 5.32 Å². The number of amides is 3. The second kappa shape index (κ2) is 6.56. The van der Waals surface area contributed by atoms with Gasteiger partial charge in [0, 0.05) is 5.56 Å². The highest BCUT2D eigenvalue weighted by molar-refractivity contribution is 6.11. The van der Waals surface area contributed by atoms with Crippen molar-refractivity contribution in [3.8, 4) is 17.2 Å². The summed E-state index contributed by atoms with van der Waals surface area (Å²) in [5, 5.41) is 2.68. The molecule has 2 aromatic carbocycles. The van der Waals surface area contributed by atoms with Gasteiger partial charge in [0.15, 0.2) is 17.3 Å². The Morgan fingerprint density at radius 3 is 2.75 bits per heavy atom. The van der Waals surface area contributed by atoms with Crippen LogP contribution in [0.25, 0.3) is 0 Å². The molecule has 8 heteroatoms. The number of methoxy groups -OCH3 is 1. The number of rotatable bonds is 5. The van der Waals surface area contributed by atoms with Gasteiger partial charge in [0.25, 0.3) is 5.91 Å². The number of ketones is 1. The highest BCUT2D eigenvalue weighted by atomic mass is 16.7. The van der Waals surface area contributed by atoms with E-state index in [9.17, 15) is 14.4 Å². The molecule has 1 saturated heterocycles. The molecule has 2 aliphatic heterocycles. The SMILES string of the molecule is COc1cccc(C(=O)CN2C(=O)NC(C)(c3ccc4c(c3)OCO4)C2=O)c1. The largest absolute Gasteiger partial charge is 0.497 e. The van der Waals surface area contributed by atoms with E-state index >= 15 is 0 Å². The maximum Gasteiger partial charge on any atom is 0.325 e. The Hall–Kier alpha value is -3.55. The molecule has 8 nitrogen and oxygen atoms in total. The maximum absolute atomic E-state index is 13.0. The van der Waals surface area contributed by atoms with Gasteiger partial charge in [-0.05, 0) is 36.8 Å². The van der Waals surface area contributed by atoms with Crippen LogP contribution in [0.1, 0.15) is 22.8 Å². The van der Waals surface area contributed by atoms with Crippen molar-refractivity contribution in [3.05, 3.63) is 53.6 Å². The molecule has 0 aliphatic carbocycles. The van der Waals surface area contributed by atoms with E-state index in [0.717, 1.165) is 4.90 Å². The van der Waals surface area contributed by atoms with Gasteiger partial charge >= 0.3 is 6.03 Å². The summed E-state index contributed by atoms with van der Waals surface area (Å²) < 4.78 is 15.7. The number of ether oxygens (including phenoxy) is 3. The van der Waals surface area contributed by atoms with E-state index in [1.807, 2.05) is 0 Å². The maximum atomic E-state index is 13.0. The number of carbonyl (C=O) groups excluding carboxylic acids is 3. The molecular formula is C20H18N2O6. The van der Waals surface area contributed by atoms with Crippen molar-refractivity contribution < 1.29 is 28.6 Å². The fourth-order valence-electron chi connectivity index (χ4n) is 3.28. The molecule has 28 heavy (non-hydrogen) atoms. The third-order valence-corrected chi connectivity index (χ3v) is 4.92. The number of urea groups is 1. The number of benzene rings is 2. The van der Waals surface area contributed by atoms with Gasteiger partial charge in [0.1, 0.15) is 11.3 Å². The molecule has 1 unspecified atom stereocenters. The molecule has 1 fully saturated rings. The van der Waals surface area contributed by atoms with Crippen LogP contribution in [0, 0.1) is 0 Å². The molecule has 0 saturated carbocycles. The minimum absolute atomic E-state index is 0.108. The van der Waals surface area contributed by atoms with E-state index in [-0.39, 0.29) is 19.1 Å². The first-order chi connectivity index (χ1) is 13.4. The lowest BCUT2D eigenvalue weighted by atomic mass is 9.91. The third-order valence-electron chi connectivity index (χ3n) is 4.92. The Morgan fingerprint density at radius 2 is 1.96 bits per heavy atom. The Bertz CT molecular complexity index is 988. The van der Waals surface area contributed by atoms with Crippen molar-refractivity contribution in [2.75, 3.05) is 20.4 Å². The summed E-state index contributed by atoms with van der Waals surface area (Å²) in [5.41, 5.74) is -0.393. The zero-order valence-corrected chi connectivity index (χ0v) is 15.4. The molecule has 4 rings (SSSR count). The highest BCUT2D eigenvalue weighted by Gasteiger charge is 2.49. The second-order valence-corrected chi connectivity index (χ2v) is 6.67. The van der Waals surface area contributed by atoms with Crippen LogP contribution in [0.5, 0.6) is 17.2 Å². The lowest BCUT2D eigenvalue weighted by molar-refractivity contribution is -0.130. The molecule has 3 amide bonds.